The summed E-state index contributed by atoms with van der Waals surface area (Å²) >= 11 is 3.34. The normalized spacial score (nSPS) is 10.4. The van der Waals surface area contributed by atoms with Gasteiger partial charge in [0.2, 0.25) is 0 Å². The lowest BCUT2D eigenvalue weighted by Gasteiger charge is -2.02. The number of rotatable bonds is 2. The maximum Gasteiger partial charge on any atom is 0.153 e. The Hall–Kier alpha value is -1.36. The molecule has 0 atom stereocenters. The van der Waals surface area contributed by atoms with Gasteiger partial charge in [0.15, 0.2) is 6.29 Å². The Kier molecular flexibility index (Phi) is 2.25. The molecule has 0 fully saturated rings. The molecule has 0 bridgehead atoms. The molecular formula is C9H7BrN2O2. The summed E-state index contributed by atoms with van der Waals surface area (Å²) in [6.45, 7) is 0. The van der Waals surface area contributed by atoms with Gasteiger partial charge in [-0.2, -0.15) is 5.10 Å². The van der Waals surface area contributed by atoms with E-state index in [4.69, 9.17) is 4.74 Å². The Labute approximate surface area is 88.6 Å². The van der Waals surface area contributed by atoms with Gasteiger partial charge < -0.3 is 4.74 Å². The fourth-order valence-electron chi connectivity index (χ4n) is 1.25. The first-order valence-corrected chi connectivity index (χ1v) is 4.72. The Bertz CT molecular complexity index is 493. The lowest BCUT2D eigenvalue weighted by atomic mass is 10.3. The van der Waals surface area contributed by atoms with E-state index in [2.05, 4.69) is 21.0 Å². The maximum atomic E-state index is 10.7. The molecule has 72 valence electrons. The second-order valence-electron chi connectivity index (χ2n) is 2.73. The minimum absolute atomic E-state index is 0.546. The summed E-state index contributed by atoms with van der Waals surface area (Å²) in [6.07, 6.45) is 2.29. The highest BCUT2D eigenvalue weighted by Crippen LogP contribution is 2.23. The molecule has 0 radical (unpaired) electrons. The van der Waals surface area contributed by atoms with Crippen LogP contribution < -0.4 is 4.74 Å². The predicted octanol–water partition coefficient (Wildman–Crippen LogP) is 1.92. The van der Waals surface area contributed by atoms with Crippen molar-refractivity contribution < 1.29 is 9.53 Å². The number of carbonyl (C=O) groups excluding carboxylic acids is 1. The Morgan fingerprint density at radius 3 is 3.00 bits per heavy atom. The molecule has 0 spiro atoms. The third-order valence-electron chi connectivity index (χ3n) is 1.94. The van der Waals surface area contributed by atoms with Crippen LogP contribution in [-0.4, -0.2) is 23.0 Å². The SMILES string of the molecule is COc1cc(Br)n2ncc(C=O)c2c1. The molecule has 0 aliphatic heterocycles. The van der Waals surface area contributed by atoms with Crippen molar-refractivity contribution in [2.45, 2.75) is 0 Å². The second-order valence-corrected chi connectivity index (χ2v) is 3.55. The van der Waals surface area contributed by atoms with Crippen molar-refractivity contribution in [3.8, 4) is 5.75 Å². The fraction of sp³-hybridized carbons (Fsp3) is 0.111. The molecule has 5 heteroatoms. The van der Waals surface area contributed by atoms with Crippen LogP contribution in [0.3, 0.4) is 0 Å². The van der Waals surface area contributed by atoms with Crippen molar-refractivity contribution in [3.63, 3.8) is 0 Å². The number of pyridine rings is 1. The Balaban J connectivity index is 2.79. The number of aromatic nitrogens is 2. The van der Waals surface area contributed by atoms with Gasteiger partial charge in [-0.05, 0) is 15.9 Å². The van der Waals surface area contributed by atoms with Crippen molar-refractivity contribution in [1.29, 1.82) is 0 Å². The lowest BCUT2D eigenvalue weighted by molar-refractivity contribution is 0.112. The van der Waals surface area contributed by atoms with Crippen LogP contribution in [0.5, 0.6) is 5.75 Å². The fourth-order valence-corrected chi connectivity index (χ4v) is 1.76. The minimum Gasteiger partial charge on any atom is -0.497 e. The molecule has 2 heterocycles. The number of fused-ring (bicyclic) bond motifs is 1. The first-order chi connectivity index (χ1) is 6.76. The van der Waals surface area contributed by atoms with E-state index in [9.17, 15) is 4.79 Å². The third kappa shape index (κ3) is 1.29. The topological polar surface area (TPSA) is 43.6 Å². The largest absolute Gasteiger partial charge is 0.497 e. The number of ether oxygens (including phenoxy) is 1. The van der Waals surface area contributed by atoms with Crippen molar-refractivity contribution in [3.05, 3.63) is 28.5 Å². The molecule has 0 amide bonds. The molecule has 14 heavy (non-hydrogen) atoms. The van der Waals surface area contributed by atoms with Crippen LogP contribution in [0.25, 0.3) is 5.52 Å². The summed E-state index contributed by atoms with van der Waals surface area (Å²) in [7, 11) is 1.58. The quantitative estimate of drug-likeness (QED) is 0.608. The van der Waals surface area contributed by atoms with Crippen LogP contribution in [0.15, 0.2) is 22.9 Å². The van der Waals surface area contributed by atoms with Crippen LogP contribution in [0.2, 0.25) is 0 Å². The predicted molar refractivity (Wildman–Crippen MR) is 54.8 cm³/mol. The van der Waals surface area contributed by atoms with E-state index in [1.807, 2.05) is 0 Å². The minimum atomic E-state index is 0.546. The van der Waals surface area contributed by atoms with Gasteiger partial charge in [0.25, 0.3) is 0 Å². The summed E-state index contributed by atoms with van der Waals surface area (Å²) in [6, 6.07) is 3.55. The Morgan fingerprint density at radius 1 is 1.57 bits per heavy atom. The molecule has 0 saturated heterocycles. The highest BCUT2D eigenvalue weighted by atomic mass is 79.9. The number of nitrogens with zero attached hydrogens (tertiary/aromatic N) is 2. The van der Waals surface area contributed by atoms with Crippen LogP contribution in [0.4, 0.5) is 0 Å². The molecule has 0 aliphatic rings. The highest BCUT2D eigenvalue weighted by molar-refractivity contribution is 9.10. The number of hydrogen-bond donors (Lipinski definition) is 0. The van der Waals surface area contributed by atoms with Gasteiger partial charge in [-0.15, -0.1) is 0 Å². The van der Waals surface area contributed by atoms with Crippen molar-refractivity contribution >= 4 is 27.7 Å². The van der Waals surface area contributed by atoms with Gasteiger partial charge in [0.1, 0.15) is 10.4 Å². The molecule has 0 aromatic carbocycles. The zero-order valence-electron chi connectivity index (χ0n) is 7.40. The van der Waals surface area contributed by atoms with Gasteiger partial charge in [0.05, 0.1) is 24.4 Å². The third-order valence-corrected chi connectivity index (χ3v) is 2.51. The first kappa shape index (κ1) is 9.21. The van der Waals surface area contributed by atoms with Crippen LogP contribution in [0.1, 0.15) is 10.4 Å². The average Bonchev–Trinajstić information content (AvgIpc) is 2.61. The van der Waals surface area contributed by atoms with Crippen LogP contribution in [-0.2, 0) is 0 Å². The van der Waals surface area contributed by atoms with Crippen molar-refractivity contribution in [1.82, 2.24) is 9.61 Å². The summed E-state index contributed by atoms with van der Waals surface area (Å²) in [5.41, 5.74) is 1.27. The number of carbonyl (C=O) groups is 1. The van der Waals surface area contributed by atoms with Gasteiger partial charge in [-0.25, -0.2) is 4.52 Å². The second kappa shape index (κ2) is 3.42. The van der Waals surface area contributed by atoms with Gasteiger partial charge in [0, 0.05) is 12.1 Å². The lowest BCUT2D eigenvalue weighted by Crippen LogP contribution is -1.92. The summed E-state index contributed by atoms with van der Waals surface area (Å²) < 4.78 is 7.47. The van der Waals surface area contributed by atoms with E-state index in [0.29, 0.717) is 11.3 Å². The molecule has 4 nitrogen and oxygen atoms in total. The monoisotopic (exact) mass is 254 g/mol. The molecule has 0 saturated carbocycles. The van der Waals surface area contributed by atoms with E-state index in [1.165, 1.54) is 6.20 Å². The molecule has 0 aliphatic carbocycles. The molecular weight excluding hydrogens is 248 g/mol. The molecule has 2 aromatic rings. The van der Waals surface area contributed by atoms with E-state index in [-0.39, 0.29) is 0 Å². The van der Waals surface area contributed by atoms with E-state index in [1.54, 1.807) is 23.8 Å². The summed E-state index contributed by atoms with van der Waals surface area (Å²) in [4.78, 5) is 10.7. The number of aldehydes is 1. The average molecular weight is 255 g/mol. The summed E-state index contributed by atoms with van der Waals surface area (Å²) in [5, 5.41) is 4.05. The van der Waals surface area contributed by atoms with Crippen LogP contribution in [0, 0.1) is 0 Å². The number of halogens is 1. The molecule has 0 N–H and O–H groups in total. The van der Waals surface area contributed by atoms with Gasteiger partial charge >= 0.3 is 0 Å². The first-order valence-electron chi connectivity index (χ1n) is 3.92. The number of methoxy groups -OCH3 is 1. The van der Waals surface area contributed by atoms with Crippen LogP contribution >= 0.6 is 15.9 Å². The van der Waals surface area contributed by atoms with E-state index < -0.39 is 0 Å². The molecule has 2 aromatic heterocycles. The zero-order valence-corrected chi connectivity index (χ0v) is 8.98. The summed E-state index contributed by atoms with van der Waals surface area (Å²) in [5.74, 6) is 0.688. The molecule has 0 unspecified atom stereocenters. The smallest absolute Gasteiger partial charge is 0.153 e. The van der Waals surface area contributed by atoms with Crippen molar-refractivity contribution in [2.75, 3.05) is 7.11 Å². The Morgan fingerprint density at radius 2 is 2.36 bits per heavy atom. The standard InChI is InChI=1S/C9H7BrN2O2/c1-14-7-2-8-6(5-13)4-11-12(8)9(10)3-7/h2-5H,1H3. The van der Waals surface area contributed by atoms with E-state index >= 15 is 0 Å². The van der Waals surface area contributed by atoms with Gasteiger partial charge in [-0.3, -0.25) is 4.79 Å². The van der Waals surface area contributed by atoms with E-state index in [0.717, 1.165) is 16.4 Å². The highest BCUT2D eigenvalue weighted by Gasteiger charge is 2.07. The molecule has 2 rings (SSSR count). The maximum absolute atomic E-state index is 10.7. The van der Waals surface area contributed by atoms with Crippen molar-refractivity contribution in [2.24, 2.45) is 0 Å². The zero-order chi connectivity index (χ0) is 10.1. The van der Waals surface area contributed by atoms with Gasteiger partial charge in [-0.1, -0.05) is 0 Å². The number of hydrogen-bond acceptors (Lipinski definition) is 3.